The van der Waals surface area contributed by atoms with Crippen LogP contribution in [0, 0.1) is 0 Å². The molecule has 2 N–H and O–H groups in total. The first kappa shape index (κ1) is 12.9. The predicted molar refractivity (Wildman–Crippen MR) is 70.5 cm³/mol. The summed E-state index contributed by atoms with van der Waals surface area (Å²) in [6, 6.07) is 8.29. The first-order valence-electron chi connectivity index (χ1n) is 6.41. The van der Waals surface area contributed by atoms with Crippen molar-refractivity contribution in [3.05, 3.63) is 29.8 Å². The van der Waals surface area contributed by atoms with Gasteiger partial charge in [0.15, 0.2) is 0 Å². The van der Waals surface area contributed by atoms with Crippen LogP contribution in [-0.2, 0) is 11.3 Å². The Morgan fingerprint density at radius 3 is 2.89 bits per heavy atom. The molecule has 0 radical (unpaired) electrons. The maximum absolute atomic E-state index is 11.4. The van der Waals surface area contributed by atoms with E-state index in [1.165, 1.54) is 5.56 Å². The van der Waals surface area contributed by atoms with Gasteiger partial charge in [0.1, 0.15) is 5.75 Å². The number of carbonyl (C=O) groups excluding carboxylic acids is 1. The summed E-state index contributed by atoms with van der Waals surface area (Å²) < 4.78 is 5.12. The number of methoxy groups -OCH3 is 1. The van der Waals surface area contributed by atoms with Crippen LogP contribution in [0.1, 0.15) is 24.8 Å². The fraction of sp³-hybridized carbons (Fsp3) is 0.500. The number of amides is 1. The maximum atomic E-state index is 11.4. The van der Waals surface area contributed by atoms with E-state index >= 15 is 0 Å². The second kappa shape index (κ2) is 6.40. The molecule has 1 amide bonds. The van der Waals surface area contributed by atoms with E-state index in [0.717, 1.165) is 31.7 Å². The summed E-state index contributed by atoms with van der Waals surface area (Å²) >= 11 is 0. The average Bonchev–Trinajstić information content (AvgIpc) is 2.61. The van der Waals surface area contributed by atoms with Crippen LogP contribution in [0.3, 0.4) is 0 Å². The van der Waals surface area contributed by atoms with Crippen LogP contribution in [0.5, 0.6) is 5.75 Å². The first-order chi connectivity index (χ1) is 8.78. The Bertz CT molecular complexity index is 389. The molecule has 1 fully saturated rings. The highest BCUT2D eigenvalue weighted by molar-refractivity contribution is 5.76. The summed E-state index contributed by atoms with van der Waals surface area (Å²) in [6.45, 7) is 1.60. The van der Waals surface area contributed by atoms with Crippen molar-refractivity contribution in [2.45, 2.75) is 31.8 Å². The topological polar surface area (TPSA) is 50.4 Å². The molecule has 0 spiro atoms. The molecule has 4 nitrogen and oxygen atoms in total. The molecule has 4 heteroatoms. The van der Waals surface area contributed by atoms with Crippen molar-refractivity contribution in [1.82, 2.24) is 10.6 Å². The van der Waals surface area contributed by atoms with Crippen molar-refractivity contribution in [3.63, 3.8) is 0 Å². The van der Waals surface area contributed by atoms with Crippen molar-refractivity contribution in [1.29, 1.82) is 0 Å². The molecule has 1 unspecified atom stereocenters. The van der Waals surface area contributed by atoms with Crippen molar-refractivity contribution >= 4 is 5.91 Å². The number of carbonyl (C=O) groups is 1. The largest absolute Gasteiger partial charge is 0.497 e. The van der Waals surface area contributed by atoms with Gasteiger partial charge in [0.2, 0.25) is 5.91 Å². The van der Waals surface area contributed by atoms with Gasteiger partial charge < -0.3 is 15.4 Å². The number of hydrogen-bond donors (Lipinski definition) is 2. The minimum absolute atomic E-state index is 0.153. The second-order valence-corrected chi connectivity index (χ2v) is 4.62. The number of ether oxygens (including phenoxy) is 1. The van der Waals surface area contributed by atoms with Gasteiger partial charge in [-0.15, -0.1) is 0 Å². The van der Waals surface area contributed by atoms with E-state index in [2.05, 4.69) is 10.6 Å². The van der Waals surface area contributed by atoms with Crippen LogP contribution in [0.15, 0.2) is 24.3 Å². The lowest BCUT2D eigenvalue weighted by molar-refractivity contribution is -0.121. The summed E-state index contributed by atoms with van der Waals surface area (Å²) in [7, 11) is 1.66. The van der Waals surface area contributed by atoms with Crippen LogP contribution in [-0.4, -0.2) is 25.6 Å². The van der Waals surface area contributed by atoms with Crippen LogP contribution >= 0.6 is 0 Å². The highest BCUT2D eigenvalue weighted by Crippen LogP contribution is 2.12. The number of benzene rings is 1. The molecular formula is C14H20N2O2. The fourth-order valence-corrected chi connectivity index (χ4v) is 2.15. The van der Waals surface area contributed by atoms with Gasteiger partial charge in [-0.05, 0) is 30.5 Å². The summed E-state index contributed by atoms with van der Waals surface area (Å²) in [4.78, 5) is 11.4. The lowest BCUT2D eigenvalue weighted by atomic mass is 10.1. The minimum Gasteiger partial charge on any atom is -0.497 e. The quantitative estimate of drug-likeness (QED) is 0.848. The van der Waals surface area contributed by atoms with E-state index in [-0.39, 0.29) is 11.9 Å². The van der Waals surface area contributed by atoms with E-state index in [1.807, 2.05) is 24.3 Å². The Hall–Kier alpha value is -1.55. The Morgan fingerprint density at radius 1 is 1.39 bits per heavy atom. The molecule has 1 atom stereocenters. The average molecular weight is 248 g/mol. The maximum Gasteiger partial charge on any atom is 0.221 e. The van der Waals surface area contributed by atoms with E-state index in [4.69, 9.17) is 4.74 Å². The number of nitrogens with one attached hydrogen (secondary N) is 2. The third kappa shape index (κ3) is 3.74. The number of hydrogen-bond acceptors (Lipinski definition) is 3. The molecule has 98 valence electrons. The summed E-state index contributed by atoms with van der Waals surface area (Å²) in [5, 5.41) is 6.34. The lowest BCUT2D eigenvalue weighted by Crippen LogP contribution is -2.32. The van der Waals surface area contributed by atoms with E-state index in [0.29, 0.717) is 6.42 Å². The van der Waals surface area contributed by atoms with Crippen LogP contribution < -0.4 is 15.4 Å². The molecule has 2 rings (SSSR count). The monoisotopic (exact) mass is 248 g/mol. The van der Waals surface area contributed by atoms with Crippen LogP contribution in [0.2, 0.25) is 0 Å². The summed E-state index contributed by atoms with van der Waals surface area (Å²) in [6.07, 6.45) is 2.68. The van der Waals surface area contributed by atoms with Gasteiger partial charge in [-0.2, -0.15) is 0 Å². The van der Waals surface area contributed by atoms with Crippen molar-refractivity contribution < 1.29 is 9.53 Å². The SMILES string of the molecule is COc1ccc(CNC2CCCNC(=O)C2)cc1. The van der Waals surface area contributed by atoms with Gasteiger partial charge in [0.05, 0.1) is 7.11 Å². The molecule has 18 heavy (non-hydrogen) atoms. The van der Waals surface area contributed by atoms with Gasteiger partial charge in [-0.25, -0.2) is 0 Å². The Morgan fingerprint density at radius 2 is 2.17 bits per heavy atom. The molecule has 1 heterocycles. The van der Waals surface area contributed by atoms with Crippen LogP contribution in [0.4, 0.5) is 0 Å². The van der Waals surface area contributed by atoms with Gasteiger partial charge in [-0.3, -0.25) is 4.79 Å². The molecule has 1 aliphatic rings. The second-order valence-electron chi connectivity index (χ2n) is 4.62. The Balaban J connectivity index is 1.84. The van der Waals surface area contributed by atoms with Crippen molar-refractivity contribution in [3.8, 4) is 5.75 Å². The molecule has 1 aromatic rings. The van der Waals surface area contributed by atoms with E-state index in [9.17, 15) is 4.79 Å². The summed E-state index contributed by atoms with van der Waals surface area (Å²) in [5.74, 6) is 1.02. The molecule has 0 bridgehead atoms. The third-order valence-electron chi connectivity index (χ3n) is 3.24. The molecule has 0 saturated carbocycles. The fourth-order valence-electron chi connectivity index (χ4n) is 2.15. The van der Waals surface area contributed by atoms with E-state index in [1.54, 1.807) is 7.11 Å². The van der Waals surface area contributed by atoms with Gasteiger partial charge in [0, 0.05) is 25.6 Å². The summed E-state index contributed by atoms with van der Waals surface area (Å²) in [5.41, 5.74) is 1.21. The molecule has 1 aromatic carbocycles. The third-order valence-corrected chi connectivity index (χ3v) is 3.24. The lowest BCUT2D eigenvalue weighted by Gasteiger charge is -2.15. The normalized spacial score (nSPS) is 20.1. The minimum atomic E-state index is 0.153. The molecule has 0 aliphatic carbocycles. The first-order valence-corrected chi connectivity index (χ1v) is 6.41. The Labute approximate surface area is 108 Å². The zero-order valence-electron chi connectivity index (χ0n) is 10.7. The molecule has 0 aromatic heterocycles. The molecule has 1 saturated heterocycles. The predicted octanol–water partition coefficient (Wildman–Crippen LogP) is 1.45. The van der Waals surface area contributed by atoms with Gasteiger partial charge >= 0.3 is 0 Å². The zero-order chi connectivity index (χ0) is 12.8. The molecular weight excluding hydrogens is 228 g/mol. The van der Waals surface area contributed by atoms with E-state index < -0.39 is 0 Å². The van der Waals surface area contributed by atoms with Crippen LogP contribution in [0.25, 0.3) is 0 Å². The Kier molecular flexibility index (Phi) is 4.59. The van der Waals surface area contributed by atoms with Crippen molar-refractivity contribution in [2.24, 2.45) is 0 Å². The highest BCUT2D eigenvalue weighted by Gasteiger charge is 2.16. The van der Waals surface area contributed by atoms with Gasteiger partial charge in [0.25, 0.3) is 0 Å². The standard InChI is InChI=1S/C14H20N2O2/c1-18-13-6-4-11(5-7-13)10-16-12-3-2-8-15-14(17)9-12/h4-7,12,16H,2-3,8-10H2,1H3,(H,15,17). The molecule has 1 aliphatic heterocycles. The van der Waals surface area contributed by atoms with Crippen molar-refractivity contribution in [2.75, 3.05) is 13.7 Å². The highest BCUT2D eigenvalue weighted by atomic mass is 16.5. The van der Waals surface area contributed by atoms with Gasteiger partial charge in [-0.1, -0.05) is 12.1 Å². The number of rotatable bonds is 4. The smallest absolute Gasteiger partial charge is 0.221 e. The zero-order valence-corrected chi connectivity index (χ0v) is 10.7.